The second kappa shape index (κ2) is 7.71. The average Bonchev–Trinajstić information content (AvgIpc) is 2.55. The zero-order valence-corrected chi connectivity index (χ0v) is 13.2. The summed E-state index contributed by atoms with van der Waals surface area (Å²) in [6, 6.07) is 12.8. The van der Waals surface area contributed by atoms with Crippen LogP contribution in [-0.4, -0.2) is 37.3 Å². The highest BCUT2D eigenvalue weighted by Crippen LogP contribution is 2.09. The smallest absolute Gasteiger partial charge is 0.423 e. The Morgan fingerprint density at radius 1 is 1.00 bits per heavy atom. The van der Waals surface area contributed by atoms with E-state index in [-0.39, 0.29) is 23.5 Å². The van der Waals surface area contributed by atoms with Crippen molar-refractivity contribution in [2.75, 3.05) is 6.61 Å². The van der Waals surface area contributed by atoms with E-state index in [9.17, 15) is 8.42 Å². The van der Waals surface area contributed by atoms with Crippen LogP contribution in [0.1, 0.15) is 11.1 Å². The highest BCUT2D eigenvalue weighted by molar-refractivity contribution is 7.89. The van der Waals surface area contributed by atoms with E-state index in [1.54, 1.807) is 12.1 Å². The van der Waals surface area contributed by atoms with Crippen LogP contribution in [-0.2, 0) is 23.0 Å². The highest BCUT2D eigenvalue weighted by atomic mass is 32.2. The molecule has 0 aliphatic carbocycles. The second-order valence-electron chi connectivity index (χ2n) is 5.06. The maximum atomic E-state index is 12.2. The third kappa shape index (κ3) is 4.88. The van der Waals surface area contributed by atoms with Gasteiger partial charge in [0.25, 0.3) is 0 Å². The molecule has 0 amide bonds. The van der Waals surface area contributed by atoms with Crippen LogP contribution < -0.4 is 10.2 Å². The average molecular weight is 335 g/mol. The number of rotatable bonds is 7. The van der Waals surface area contributed by atoms with Crippen molar-refractivity contribution in [3.63, 3.8) is 0 Å². The molecule has 0 saturated heterocycles. The number of hydrogen-bond acceptors (Lipinski definition) is 5. The number of sulfonamides is 1. The molecule has 122 valence electrons. The van der Waals surface area contributed by atoms with Crippen molar-refractivity contribution in [2.45, 2.75) is 17.9 Å². The van der Waals surface area contributed by atoms with Crippen molar-refractivity contribution in [3.05, 3.63) is 59.7 Å². The van der Waals surface area contributed by atoms with Crippen LogP contribution in [0.2, 0.25) is 0 Å². The van der Waals surface area contributed by atoms with E-state index in [1.807, 2.05) is 12.1 Å². The van der Waals surface area contributed by atoms with E-state index in [0.29, 0.717) is 6.42 Å². The first kappa shape index (κ1) is 17.6. The van der Waals surface area contributed by atoms with Crippen LogP contribution in [0.25, 0.3) is 0 Å². The van der Waals surface area contributed by atoms with Gasteiger partial charge in [0.05, 0.1) is 4.90 Å². The molecule has 0 bridgehead atoms. The van der Waals surface area contributed by atoms with Gasteiger partial charge in [0.1, 0.15) is 0 Å². The van der Waals surface area contributed by atoms with Gasteiger partial charge in [0.2, 0.25) is 10.0 Å². The summed E-state index contributed by atoms with van der Waals surface area (Å²) in [5, 5.41) is 27.1. The maximum absolute atomic E-state index is 12.2. The summed E-state index contributed by atoms with van der Waals surface area (Å²) in [6.45, 7) is 0.187. The van der Waals surface area contributed by atoms with Gasteiger partial charge in [-0.25, -0.2) is 13.1 Å². The highest BCUT2D eigenvalue weighted by Gasteiger charge is 2.17. The predicted molar refractivity (Wildman–Crippen MR) is 87.5 cm³/mol. The quantitative estimate of drug-likeness (QED) is 0.505. The fraction of sp³-hybridized carbons (Fsp3) is 0.200. The Morgan fingerprint density at radius 3 is 2.26 bits per heavy atom. The minimum atomic E-state index is -3.75. The standard InChI is InChI=1S/C15H18BNO5S/c18-9-8-12-4-6-13(7-5-12)11-17-23(21,22)15-3-1-2-14(10-15)16(19)20/h1-7,10,17-20H,8-9,11H2. The van der Waals surface area contributed by atoms with Crippen molar-refractivity contribution in [1.29, 1.82) is 0 Å². The number of aliphatic hydroxyl groups is 1. The lowest BCUT2D eigenvalue weighted by Crippen LogP contribution is -2.31. The van der Waals surface area contributed by atoms with Gasteiger partial charge in [-0.2, -0.15) is 0 Å². The monoisotopic (exact) mass is 335 g/mol. The first-order valence-corrected chi connectivity index (χ1v) is 8.55. The van der Waals surface area contributed by atoms with Crippen LogP contribution in [0.5, 0.6) is 0 Å². The minimum absolute atomic E-state index is 0.0278. The van der Waals surface area contributed by atoms with Gasteiger partial charge in [0, 0.05) is 13.2 Å². The van der Waals surface area contributed by atoms with Crippen LogP contribution >= 0.6 is 0 Å². The van der Waals surface area contributed by atoms with Crippen LogP contribution in [0.3, 0.4) is 0 Å². The molecule has 8 heteroatoms. The van der Waals surface area contributed by atoms with Gasteiger partial charge in [-0.05, 0) is 35.1 Å². The van der Waals surface area contributed by atoms with E-state index >= 15 is 0 Å². The summed E-state index contributed by atoms with van der Waals surface area (Å²) >= 11 is 0. The zero-order valence-electron chi connectivity index (χ0n) is 12.4. The number of hydrogen-bond donors (Lipinski definition) is 4. The molecule has 0 radical (unpaired) electrons. The van der Waals surface area contributed by atoms with Gasteiger partial charge in [0.15, 0.2) is 0 Å². The first-order chi connectivity index (χ1) is 10.9. The molecule has 0 aromatic heterocycles. The Kier molecular flexibility index (Phi) is 5.92. The van der Waals surface area contributed by atoms with Gasteiger partial charge >= 0.3 is 7.12 Å². The van der Waals surface area contributed by atoms with Crippen molar-refractivity contribution in [2.24, 2.45) is 0 Å². The largest absolute Gasteiger partial charge is 0.488 e. The molecule has 2 aromatic rings. The van der Waals surface area contributed by atoms with E-state index in [1.165, 1.54) is 24.3 Å². The van der Waals surface area contributed by atoms with Crippen molar-refractivity contribution >= 4 is 22.6 Å². The third-order valence-corrected chi connectivity index (χ3v) is 4.76. The molecular formula is C15H18BNO5S. The summed E-state index contributed by atoms with van der Waals surface area (Å²) in [5.41, 5.74) is 1.87. The molecule has 0 saturated carbocycles. The summed E-state index contributed by atoms with van der Waals surface area (Å²) in [5.74, 6) is 0. The van der Waals surface area contributed by atoms with Crippen molar-refractivity contribution in [3.8, 4) is 0 Å². The fourth-order valence-corrected chi connectivity index (χ4v) is 3.13. The second-order valence-corrected chi connectivity index (χ2v) is 6.83. The minimum Gasteiger partial charge on any atom is -0.423 e. The van der Waals surface area contributed by atoms with Crippen LogP contribution in [0, 0.1) is 0 Å². The van der Waals surface area contributed by atoms with E-state index < -0.39 is 17.1 Å². The molecule has 0 aliphatic rings. The Hall–Kier alpha value is -1.71. The molecule has 0 unspecified atom stereocenters. The third-order valence-electron chi connectivity index (χ3n) is 3.36. The van der Waals surface area contributed by atoms with Crippen molar-refractivity contribution < 1.29 is 23.6 Å². The molecule has 2 aromatic carbocycles. The fourth-order valence-electron chi connectivity index (χ4n) is 2.06. The summed E-state index contributed by atoms with van der Waals surface area (Å²) in [4.78, 5) is -0.0278. The molecule has 0 heterocycles. The van der Waals surface area contributed by atoms with Gasteiger partial charge in [-0.3, -0.25) is 0 Å². The Labute approximate surface area is 135 Å². The Balaban J connectivity index is 2.08. The van der Waals surface area contributed by atoms with E-state index in [4.69, 9.17) is 15.2 Å². The predicted octanol–water partition coefficient (Wildman–Crippen LogP) is -0.620. The Morgan fingerprint density at radius 2 is 1.65 bits per heavy atom. The summed E-state index contributed by atoms with van der Waals surface area (Å²) in [6.07, 6.45) is 0.558. The van der Waals surface area contributed by atoms with Gasteiger partial charge in [-0.15, -0.1) is 0 Å². The normalized spacial score (nSPS) is 11.4. The lowest BCUT2D eigenvalue weighted by atomic mass is 9.81. The first-order valence-electron chi connectivity index (χ1n) is 7.07. The number of aliphatic hydroxyl groups excluding tert-OH is 1. The molecule has 0 spiro atoms. The van der Waals surface area contributed by atoms with Gasteiger partial charge < -0.3 is 15.2 Å². The maximum Gasteiger partial charge on any atom is 0.488 e. The molecule has 23 heavy (non-hydrogen) atoms. The lowest BCUT2D eigenvalue weighted by Gasteiger charge is -2.09. The molecule has 2 rings (SSSR count). The van der Waals surface area contributed by atoms with Crippen molar-refractivity contribution in [1.82, 2.24) is 4.72 Å². The molecule has 4 N–H and O–H groups in total. The molecule has 0 fully saturated rings. The molecule has 6 nitrogen and oxygen atoms in total. The number of benzene rings is 2. The van der Waals surface area contributed by atoms with E-state index in [0.717, 1.165) is 11.1 Å². The number of nitrogens with one attached hydrogen (secondary N) is 1. The molecular weight excluding hydrogens is 317 g/mol. The molecule has 0 aliphatic heterocycles. The van der Waals surface area contributed by atoms with Crippen LogP contribution in [0.15, 0.2) is 53.4 Å². The topological polar surface area (TPSA) is 107 Å². The van der Waals surface area contributed by atoms with E-state index in [2.05, 4.69) is 4.72 Å². The Bertz CT molecular complexity index is 747. The lowest BCUT2D eigenvalue weighted by molar-refractivity contribution is 0.299. The van der Waals surface area contributed by atoms with Gasteiger partial charge in [-0.1, -0.05) is 36.4 Å². The zero-order chi connectivity index (χ0) is 16.9. The van der Waals surface area contributed by atoms with Crippen LogP contribution in [0.4, 0.5) is 0 Å². The molecule has 0 atom stereocenters. The summed E-state index contributed by atoms with van der Waals surface area (Å²) in [7, 11) is -5.47. The SMILES string of the molecule is O=S(=O)(NCc1ccc(CCO)cc1)c1cccc(B(O)O)c1. The summed E-state index contributed by atoms with van der Waals surface area (Å²) < 4.78 is 27.0.